The monoisotopic (exact) mass is 140 g/mol. The molecule has 0 aliphatic carbocycles. The lowest BCUT2D eigenvalue weighted by atomic mass is 10.2. The fourth-order valence-electron chi connectivity index (χ4n) is 0.499. The summed E-state index contributed by atoms with van der Waals surface area (Å²) in [4.78, 5) is 20.7. The number of ketones is 2. The second kappa shape index (κ2) is 4.91. The first-order chi connectivity index (χ1) is 4.63. The molecule has 0 atom stereocenters. The smallest absolute Gasteiger partial charge is 0.133 e. The summed E-state index contributed by atoms with van der Waals surface area (Å²) in [6.07, 6.45) is 4.33. The Morgan fingerprint density at radius 3 is 1.50 bits per heavy atom. The van der Waals surface area contributed by atoms with Gasteiger partial charge in [-0.15, -0.1) is 0 Å². The molecule has 0 bridgehead atoms. The Kier molecular flexibility index (Phi) is 4.46. The molecule has 0 aliphatic heterocycles. The summed E-state index contributed by atoms with van der Waals surface area (Å²) in [6, 6.07) is 0. The molecule has 0 aromatic heterocycles. The highest BCUT2D eigenvalue weighted by Gasteiger charge is 1.87. The average molecular weight is 140 g/mol. The topological polar surface area (TPSA) is 34.1 Å². The third-order valence-electron chi connectivity index (χ3n) is 0.977. The van der Waals surface area contributed by atoms with Crippen LogP contribution in [0.4, 0.5) is 0 Å². The van der Waals surface area contributed by atoms with Crippen LogP contribution in [0, 0.1) is 0 Å². The first-order valence-corrected chi connectivity index (χ1v) is 3.27. The largest absolute Gasteiger partial charge is 0.300 e. The number of hydrogen-bond acceptors (Lipinski definition) is 2. The van der Waals surface area contributed by atoms with Crippen molar-refractivity contribution in [2.75, 3.05) is 0 Å². The Bertz CT molecular complexity index is 139. The first-order valence-electron chi connectivity index (χ1n) is 3.27. The highest BCUT2D eigenvalue weighted by atomic mass is 16.1. The molecule has 0 unspecified atom stereocenters. The quantitative estimate of drug-likeness (QED) is 0.554. The van der Waals surface area contributed by atoms with E-state index in [1.54, 1.807) is 12.2 Å². The summed E-state index contributed by atoms with van der Waals surface area (Å²) in [5, 5.41) is 0. The molecule has 0 radical (unpaired) electrons. The minimum absolute atomic E-state index is 0.125. The van der Waals surface area contributed by atoms with E-state index in [2.05, 4.69) is 0 Å². The molecule has 0 aliphatic rings. The van der Waals surface area contributed by atoms with Crippen LogP contribution in [-0.2, 0) is 9.59 Å². The van der Waals surface area contributed by atoms with E-state index in [1.807, 2.05) is 0 Å². The molecule has 0 amide bonds. The van der Waals surface area contributed by atoms with Crippen LogP contribution in [0.1, 0.15) is 26.7 Å². The van der Waals surface area contributed by atoms with E-state index in [9.17, 15) is 9.59 Å². The lowest BCUT2D eigenvalue weighted by molar-refractivity contribution is -0.117. The average Bonchev–Trinajstić information content (AvgIpc) is 1.79. The highest BCUT2D eigenvalue weighted by Crippen LogP contribution is 1.88. The van der Waals surface area contributed by atoms with Crippen molar-refractivity contribution < 1.29 is 9.59 Å². The van der Waals surface area contributed by atoms with E-state index in [-0.39, 0.29) is 11.6 Å². The van der Waals surface area contributed by atoms with E-state index in [1.165, 1.54) is 13.8 Å². The van der Waals surface area contributed by atoms with E-state index in [0.29, 0.717) is 12.8 Å². The lowest BCUT2D eigenvalue weighted by Crippen LogP contribution is -1.87. The molecule has 0 aromatic carbocycles. The number of Topliss-reactive ketones (excluding diaryl/α,β-unsaturated/α-hetero) is 2. The van der Waals surface area contributed by atoms with E-state index in [4.69, 9.17) is 0 Å². The minimum Gasteiger partial charge on any atom is -0.300 e. The van der Waals surface area contributed by atoms with Gasteiger partial charge in [0.25, 0.3) is 0 Å². The minimum atomic E-state index is 0.125. The van der Waals surface area contributed by atoms with Crippen molar-refractivity contribution in [3.05, 3.63) is 12.2 Å². The van der Waals surface area contributed by atoms with Gasteiger partial charge in [-0.3, -0.25) is 9.59 Å². The number of carbonyl (C=O) groups excluding carboxylic acids is 2. The first kappa shape index (κ1) is 9.08. The van der Waals surface area contributed by atoms with Gasteiger partial charge >= 0.3 is 0 Å². The van der Waals surface area contributed by atoms with Gasteiger partial charge in [-0.25, -0.2) is 0 Å². The highest BCUT2D eigenvalue weighted by molar-refractivity contribution is 5.78. The van der Waals surface area contributed by atoms with Gasteiger partial charge in [-0.1, -0.05) is 12.2 Å². The zero-order valence-corrected chi connectivity index (χ0v) is 6.39. The van der Waals surface area contributed by atoms with Crippen LogP contribution in [0.2, 0.25) is 0 Å². The van der Waals surface area contributed by atoms with Gasteiger partial charge in [0.2, 0.25) is 0 Å². The normalized spacial score (nSPS) is 10.2. The summed E-state index contributed by atoms with van der Waals surface area (Å²) in [5.74, 6) is 0.250. The third kappa shape index (κ3) is 7.08. The number of allylic oxidation sites excluding steroid dienone is 2. The van der Waals surface area contributed by atoms with Crippen LogP contribution < -0.4 is 0 Å². The summed E-state index contributed by atoms with van der Waals surface area (Å²) in [6.45, 7) is 3.05. The molecule has 0 spiro atoms. The van der Waals surface area contributed by atoms with Crippen molar-refractivity contribution in [2.24, 2.45) is 0 Å². The van der Waals surface area contributed by atoms with Crippen LogP contribution in [0.5, 0.6) is 0 Å². The van der Waals surface area contributed by atoms with Crippen molar-refractivity contribution in [2.45, 2.75) is 26.7 Å². The molecule has 0 N–H and O–H groups in total. The number of hydrogen-bond donors (Lipinski definition) is 0. The molecular formula is C8H12O2. The van der Waals surface area contributed by atoms with Gasteiger partial charge in [-0.05, 0) is 13.8 Å². The van der Waals surface area contributed by atoms with E-state index < -0.39 is 0 Å². The van der Waals surface area contributed by atoms with Crippen molar-refractivity contribution >= 4 is 11.6 Å². The Morgan fingerprint density at radius 2 is 1.30 bits per heavy atom. The Hall–Kier alpha value is -0.920. The van der Waals surface area contributed by atoms with Crippen LogP contribution in [0.25, 0.3) is 0 Å². The summed E-state index contributed by atoms with van der Waals surface area (Å²) in [7, 11) is 0. The maximum Gasteiger partial charge on any atom is 0.133 e. The Labute approximate surface area is 60.9 Å². The van der Waals surface area contributed by atoms with Crippen LogP contribution in [-0.4, -0.2) is 11.6 Å². The Balaban J connectivity index is 3.38. The lowest BCUT2D eigenvalue weighted by Gasteiger charge is -1.84. The molecule has 56 valence electrons. The predicted molar refractivity (Wildman–Crippen MR) is 39.7 cm³/mol. The molecule has 10 heavy (non-hydrogen) atoms. The molecule has 0 heterocycles. The van der Waals surface area contributed by atoms with Crippen LogP contribution >= 0.6 is 0 Å². The summed E-state index contributed by atoms with van der Waals surface area (Å²) >= 11 is 0. The van der Waals surface area contributed by atoms with Gasteiger partial charge < -0.3 is 0 Å². The van der Waals surface area contributed by atoms with Gasteiger partial charge in [0.1, 0.15) is 11.6 Å². The second-order valence-corrected chi connectivity index (χ2v) is 2.28. The van der Waals surface area contributed by atoms with Crippen LogP contribution in [0.15, 0.2) is 12.2 Å². The van der Waals surface area contributed by atoms with Gasteiger partial charge in [0.15, 0.2) is 0 Å². The standard InChI is InChI=1S/C8H12O2/c1-7(9)5-3-4-6-8(2)10/h3-4H,5-6H2,1-2H3. The third-order valence-corrected chi connectivity index (χ3v) is 0.977. The number of carbonyl (C=O) groups is 2. The molecule has 0 saturated carbocycles. The van der Waals surface area contributed by atoms with Gasteiger partial charge in [0.05, 0.1) is 0 Å². The second-order valence-electron chi connectivity index (χ2n) is 2.28. The maximum atomic E-state index is 10.4. The molecular weight excluding hydrogens is 128 g/mol. The Morgan fingerprint density at radius 1 is 1.00 bits per heavy atom. The number of rotatable bonds is 4. The molecule has 0 aromatic rings. The molecule has 0 fully saturated rings. The van der Waals surface area contributed by atoms with Crippen molar-refractivity contribution in [3.8, 4) is 0 Å². The van der Waals surface area contributed by atoms with Crippen molar-refractivity contribution in [3.63, 3.8) is 0 Å². The maximum absolute atomic E-state index is 10.4. The summed E-state index contributed by atoms with van der Waals surface area (Å²) < 4.78 is 0. The predicted octanol–water partition coefficient (Wildman–Crippen LogP) is 1.50. The van der Waals surface area contributed by atoms with Crippen molar-refractivity contribution in [1.29, 1.82) is 0 Å². The molecule has 2 nitrogen and oxygen atoms in total. The fraction of sp³-hybridized carbons (Fsp3) is 0.500. The van der Waals surface area contributed by atoms with E-state index >= 15 is 0 Å². The van der Waals surface area contributed by atoms with Crippen molar-refractivity contribution in [1.82, 2.24) is 0 Å². The molecule has 0 rings (SSSR count). The van der Waals surface area contributed by atoms with Gasteiger partial charge in [-0.2, -0.15) is 0 Å². The molecule has 0 saturated heterocycles. The SMILES string of the molecule is CC(=O)CC=CCC(C)=O. The fourth-order valence-corrected chi connectivity index (χ4v) is 0.499. The summed E-state index contributed by atoms with van der Waals surface area (Å²) in [5.41, 5.74) is 0. The zero-order valence-electron chi connectivity index (χ0n) is 6.39. The van der Waals surface area contributed by atoms with Gasteiger partial charge in [0, 0.05) is 12.8 Å². The van der Waals surface area contributed by atoms with E-state index in [0.717, 1.165) is 0 Å². The van der Waals surface area contributed by atoms with Crippen LogP contribution in [0.3, 0.4) is 0 Å². The zero-order chi connectivity index (χ0) is 7.98. The molecule has 2 heteroatoms.